The van der Waals surface area contributed by atoms with Crippen LogP contribution in [0.5, 0.6) is 0 Å². The minimum absolute atomic E-state index is 0.00944. The molecule has 2 aliphatic rings. The third-order valence-corrected chi connectivity index (χ3v) is 3.52. The van der Waals surface area contributed by atoms with Gasteiger partial charge in [-0.2, -0.15) is 0 Å². The molecule has 1 atom stereocenters. The Balaban J connectivity index is 1.64. The average molecular weight is 239 g/mol. The first-order valence-electron chi connectivity index (χ1n) is 6.49. The van der Waals surface area contributed by atoms with Gasteiger partial charge in [-0.15, -0.1) is 0 Å². The standard InChI is InChI=1S/C12H21N3O2/c1-2-15(10-3-4-10)6-5-13-12(17)9-7-11(16)14-8-9/h9-10H,2-8H2,1H3,(H,13,17)(H,14,16). The molecule has 0 spiro atoms. The molecule has 0 bridgehead atoms. The topological polar surface area (TPSA) is 61.4 Å². The molecule has 96 valence electrons. The lowest BCUT2D eigenvalue weighted by molar-refractivity contribution is -0.126. The van der Waals surface area contributed by atoms with Crippen LogP contribution in [-0.4, -0.2) is 48.9 Å². The highest BCUT2D eigenvalue weighted by molar-refractivity contribution is 5.89. The normalized spacial score (nSPS) is 23.9. The van der Waals surface area contributed by atoms with E-state index in [0.717, 1.165) is 19.1 Å². The zero-order chi connectivity index (χ0) is 12.3. The predicted molar refractivity (Wildman–Crippen MR) is 64.4 cm³/mol. The van der Waals surface area contributed by atoms with Gasteiger partial charge in [-0.25, -0.2) is 0 Å². The minimum atomic E-state index is -0.168. The maximum atomic E-state index is 11.7. The molecule has 2 amide bonds. The lowest BCUT2D eigenvalue weighted by Gasteiger charge is -2.20. The van der Waals surface area contributed by atoms with E-state index in [1.807, 2.05) is 0 Å². The zero-order valence-corrected chi connectivity index (χ0v) is 10.4. The number of likely N-dealkylation sites (N-methyl/N-ethyl adjacent to an activating group) is 1. The second-order valence-electron chi connectivity index (χ2n) is 4.86. The lowest BCUT2D eigenvalue weighted by Crippen LogP contribution is -2.39. The van der Waals surface area contributed by atoms with Crippen molar-refractivity contribution in [2.75, 3.05) is 26.2 Å². The molecule has 5 nitrogen and oxygen atoms in total. The van der Waals surface area contributed by atoms with E-state index < -0.39 is 0 Å². The van der Waals surface area contributed by atoms with E-state index in [-0.39, 0.29) is 17.7 Å². The van der Waals surface area contributed by atoms with Crippen molar-refractivity contribution in [3.05, 3.63) is 0 Å². The molecular weight excluding hydrogens is 218 g/mol. The van der Waals surface area contributed by atoms with Crippen LogP contribution in [0.4, 0.5) is 0 Å². The number of carbonyl (C=O) groups excluding carboxylic acids is 2. The number of carbonyl (C=O) groups is 2. The molecule has 1 heterocycles. The molecule has 0 aromatic rings. The summed E-state index contributed by atoms with van der Waals surface area (Å²) in [7, 11) is 0. The summed E-state index contributed by atoms with van der Waals surface area (Å²) in [5.74, 6) is -0.174. The summed E-state index contributed by atoms with van der Waals surface area (Å²) in [5.41, 5.74) is 0. The Bertz CT molecular complexity index is 302. The van der Waals surface area contributed by atoms with Crippen LogP contribution in [0, 0.1) is 5.92 Å². The van der Waals surface area contributed by atoms with Crippen LogP contribution in [0.15, 0.2) is 0 Å². The van der Waals surface area contributed by atoms with Crippen LogP contribution in [0.2, 0.25) is 0 Å². The number of amides is 2. The maximum absolute atomic E-state index is 11.7. The minimum Gasteiger partial charge on any atom is -0.355 e. The van der Waals surface area contributed by atoms with Gasteiger partial charge in [0.25, 0.3) is 0 Å². The lowest BCUT2D eigenvalue weighted by atomic mass is 10.1. The molecule has 1 unspecified atom stereocenters. The highest BCUT2D eigenvalue weighted by Gasteiger charge is 2.29. The second kappa shape index (κ2) is 5.49. The van der Waals surface area contributed by atoms with E-state index in [1.165, 1.54) is 12.8 Å². The Labute approximate surface area is 102 Å². The molecule has 0 aromatic carbocycles. The van der Waals surface area contributed by atoms with Crippen LogP contribution < -0.4 is 10.6 Å². The molecule has 2 fully saturated rings. The Morgan fingerprint density at radius 3 is 2.82 bits per heavy atom. The molecule has 5 heteroatoms. The van der Waals surface area contributed by atoms with Gasteiger partial charge in [0.1, 0.15) is 0 Å². The van der Waals surface area contributed by atoms with Gasteiger partial charge in [-0.3, -0.25) is 14.5 Å². The van der Waals surface area contributed by atoms with Crippen LogP contribution in [0.25, 0.3) is 0 Å². The van der Waals surface area contributed by atoms with Crippen molar-refractivity contribution in [1.82, 2.24) is 15.5 Å². The Morgan fingerprint density at radius 2 is 2.29 bits per heavy atom. The van der Waals surface area contributed by atoms with Crippen molar-refractivity contribution in [3.63, 3.8) is 0 Å². The third kappa shape index (κ3) is 3.43. The van der Waals surface area contributed by atoms with Crippen LogP contribution in [-0.2, 0) is 9.59 Å². The molecule has 1 aliphatic carbocycles. The number of hydrogen-bond donors (Lipinski definition) is 2. The zero-order valence-electron chi connectivity index (χ0n) is 10.4. The van der Waals surface area contributed by atoms with Crippen molar-refractivity contribution in [1.29, 1.82) is 0 Å². The van der Waals surface area contributed by atoms with Crippen LogP contribution in [0.3, 0.4) is 0 Å². The molecule has 2 N–H and O–H groups in total. The monoisotopic (exact) mass is 239 g/mol. The van der Waals surface area contributed by atoms with Gasteiger partial charge in [0, 0.05) is 32.1 Å². The Kier molecular flexibility index (Phi) is 3.99. The fourth-order valence-corrected chi connectivity index (χ4v) is 2.30. The van der Waals surface area contributed by atoms with Crippen molar-refractivity contribution in [2.24, 2.45) is 5.92 Å². The fourth-order valence-electron chi connectivity index (χ4n) is 2.30. The first kappa shape index (κ1) is 12.4. The first-order valence-corrected chi connectivity index (χ1v) is 6.49. The summed E-state index contributed by atoms with van der Waals surface area (Å²) in [4.78, 5) is 25.1. The summed E-state index contributed by atoms with van der Waals surface area (Å²) in [6.45, 7) is 5.29. The fraction of sp³-hybridized carbons (Fsp3) is 0.833. The van der Waals surface area contributed by atoms with Gasteiger partial charge in [0.15, 0.2) is 0 Å². The number of hydrogen-bond acceptors (Lipinski definition) is 3. The van der Waals surface area contributed by atoms with E-state index in [2.05, 4.69) is 22.5 Å². The Morgan fingerprint density at radius 1 is 1.53 bits per heavy atom. The van der Waals surface area contributed by atoms with Crippen molar-refractivity contribution in [3.8, 4) is 0 Å². The molecule has 2 rings (SSSR count). The quantitative estimate of drug-likeness (QED) is 0.670. The van der Waals surface area contributed by atoms with Gasteiger partial charge in [0.2, 0.25) is 11.8 Å². The maximum Gasteiger partial charge on any atom is 0.225 e. The van der Waals surface area contributed by atoms with Gasteiger partial charge >= 0.3 is 0 Å². The highest BCUT2D eigenvalue weighted by atomic mass is 16.2. The largest absolute Gasteiger partial charge is 0.355 e. The van der Waals surface area contributed by atoms with Gasteiger partial charge in [-0.05, 0) is 19.4 Å². The van der Waals surface area contributed by atoms with Crippen LogP contribution >= 0.6 is 0 Å². The second-order valence-corrected chi connectivity index (χ2v) is 4.86. The van der Waals surface area contributed by atoms with Gasteiger partial charge < -0.3 is 10.6 Å². The number of rotatable bonds is 6. The van der Waals surface area contributed by atoms with E-state index in [4.69, 9.17) is 0 Å². The predicted octanol–water partition coefficient (Wildman–Crippen LogP) is -0.277. The Hall–Kier alpha value is -1.10. The highest BCUT2D eigenvalue weighted by Crippen LogP contribution is 2.25. The molecule has 0 radical (unpaired) electrons. The average Bonchev–Trinajstić information content (AvgIpc) is 3.06. The molecular formula is C12H21N3O2. The summed E-state index contributed by atoms with van der Waals surface area (Å²) < 4.78 is 0. The summed E-state index contributed by atoms with van der Waals surface area (Å²) in [6.07, 6.45) is 2.93. The van der Waals surface area contributed by atoms with Crippen molar-refractivity contribution < 1.29 is 9.59 Å². The molecule has 17 heavy (non-hydrogen) atoms. The molecule has 0 aromatic heterocycles. The summed E-state index contributed by atoms with van der Waals surface area (Å²) in [5, 5.41) is 5.60. The third-order valence-electron chi connectivity index (χ3n) is 3.52. The SMILES string of the molecule is CCN(CCNC(=O)C1CNC(=O)C1)C1CC1. The molecule has 1 saturated carbocycles. The number of nitrogens with one attached hydrogen (secondary N) is 2. The van der Waals surface area contributed by atoms with E-state index in [9.17, 15) is 9.59 Å². The van der Waals surface area contributed by atoms with E-state index in [0.29, 0.717) is 19.5 Å². The van der Waals surface area contributed by atoms with Crippen molar-refractivity contribution >= 4 is 11.8 Å². The molecule has 1 aliphatic heterocycles. The summed E-state index contributed by atoms with van der Waals surface area (Å²) in [6, 6.07) is 0.742. The van der Waals surface area contributed by atoms with Gasteiger partial charge in [0.05, 0.1) is 5.92 Å². The van der Waals surface area contributed by atoms with Crippen LogP contribution in [0.1, 0.15) is 26.2 Å². The smallest absolute Gasteiger partial charge is 0.225 e. The number of nitrogens with zero attached hydrogens (tertiary/aromatic N) is 1. The first-order chi connectivity index (χ1) is 8.20. The van der Waals surface area contributed by atoms with E-state index in [1.54, 1.807) is 0 Å². The van der Waals surface area contributed by atoms with Gasteiger partial charge in [-0.1, -0.05) is 6.92 Å². The molecule has 1 saturated heterocycles. The van der Waals surface area contributed by atoms with Crippen molar-refractivity contribution in [2.45, 2.75) is 32.2 Å². The summed E-state index contributed by atoms with van der Waals surface area (Å²) >= 11 is 0. The van der Waals surface area contributed by atoms with E-state index >= 15 is 0 Å².